The van der Waals surface area contributed by atoms with Gasteiger partial charge in [0, 0.05) is 5.69 Å². The fourth-order valence-corrected chi connectivity index (χ4v) is 4.63. The molecule has 1 N–H and O–H groups in total. The minimum absolute atomic E-state index is 0.166. The number of para-hydroxylation sites is 2. The van der Waals surface area contributed by atoms with E-state index in [4.69, 9.17) is 0 Å². The number of benzene rings is 2. The van der Waals surface area contributed by atoms with Crippen LogP contribution in [0.3, 0.4) is 0 Å². The lowest BCUT2D eigenvalue weighted by Crippen LogP contribution is -2.33. The van der Waals surface area contributed by atoms with Gasteiger partial charge < -0.3 is 5.32 Å². The van der Waals surface area contributed by atoms with Gasteiger partial charge in [0.05, 0.1) is 23.1 Å². The summed E-state index contributed by atoms with van der Waals surface area (Å²) in [5.41, 5.74) is 2.51. The SMILES string of the molecule is CCc1ccccc1NC(=O)c1ccccc1N1C(=O)[C@@H]2CC[C@@H](C)C[C@H]2C1=O. The highest BCUT2D eigenvalue weighted by atomic mass is 16.2. The molecule has 4 rings (SSSR count). The van der Waals surface area contributed by atoms with E-state index in [0.717, 1.165) is 36.9 Å². The first kappa shape index (κ1) is 19.4. The first-order valence-electron chi connectivity index (χ1n) is 10.4. The summed E-state index contributed by atoms with van der Waals surface area (Å²) < 4.78 is 0. The lowest BCUT2D eigenvalue weighted by atomic mass is 9.76. The number of amides is 3. The molecule has 1 aliphatic carbocycles. The predicted octanol–water partition coefficient (Wildman–Crippen LogP) is 4.43. The summed E-state index contributed by atoms with van der Waals surface area (Å²) in [5, 5.41) is 2.95. The summed E-state index contributed by atoms with van der Waals surface area (Å²) in [6.45, 7) is 4.16. The molecule has 3 amide bonds. The minimum Gasteiger partial charge on any atom is -0.322 e. The van der Waals surface area contributed by atoms with E-state index in [1.54, 1.807) is 24.3 Å². The zero-order valence-electron chi connectivity index (χ0n) is 16.9. The van der Waals surface area contributed by atoms with Gasteiger partial charge in [0.1, 0.15) is 0 Å². The standard InChI is InChI=1S/C24H26N2O3/c1-3-16-8-4-6-10-20(16)25-22(27)18-9-5-7-11-21(18)26-23(28)17-13-12-15(2)14-19(17)24(26)29/h4-11,15,17,19H,3,12-14H2,1-2H3,(H,25,27)/t15-,17-,19-/m1/s1. The molecule has 29 heavy (non-hydrogen) atoms. The highest BCUT2D eigenvalue weighted by Crippen LogP contribution is 2.42. The Bertz CT molecular complexity index is 968. The third kappa shape index (κ3) is 3.46. The van der Waals surface area contributed by atoms with E-state index < -0.39 is 0 Å². The molecule has 5 heteroatoms. The number of rotatable bonds is 4. The second-order valence-electron chi connectivity index (χ2n) is 8.13. The van der Waals surface area contributed by atoms with E-state index in [1.807, 2.05) is 31.2 Å². The summed E-state index contributed by atoms with van der Waals surface area (Å²) in [7, 11) is 0. The van der Waals surface area contributed by atoms with Crippen LogP contribution in [-0.2, 0) is 16.0 Å². The quantitative estimate of drug-likeness (QED) is 0.786. The minimum atomic E-state index is -0.315. The molecule has 2 aromatic rings. The molecule has 2 fully saturated rings. The highest BCUT2D eigenvalue weighted by Gasteiger charge is 2.50. The van der Waals surface area contributed by atoms with Crippen molar-refractivity contribution in [1.82, 2.24) is 0 Å². The number of hydrogen-bond donors (Lipinski definition) is 1. The van der Waals surface area contributed by atoms with Crippen LogP contribution in [0.25, 0.3) is 0 Å². The van der Waals surface area contributed by atoms with Gasteiger partial charge in [-0.3, -0.25) is 14.4 Å². The maximum atomic E-state index is 13.1. The fraction of sp³-hybridized carbons (Fsp3) is 0.375. The van der Waals surface area contributed by atoms with E-state index >= 15 is 0 Å². The van der Waals surface area contributed by atoms with Gasteiger partial charge in [0.15, 0.2) is 0 Å². The van der Waals surface area contributed by atoms with E-state index in [1.165, 1.54) is 4.90 Å². The third-order valence-corrected chi connectivity index (χ3v) is 6.22. The average molecular weight is 390 g/mol. The van der Waals surface area contributed by atoms with Crippen LogP contribution in [0.4, 0.5) is 11.4 Å². The second-order valence-corrected chi connectivity index (χ2v) is 8.13. The molecule has 3 atom stereocenters. The Kier molecular flexibility index (Phi) is 5.22. The van der Waals surface area contributed by atoms with E-state index in [2.05, 4.69) is 12.2 Å². The van der Waals surface area contributed by atoms with Crippen LogP contribution in [0.15, 0.2) is 48.5 Å². The van der Waals surface area contributed by atoms with Gasteiger partial charge in [-0.05, 0) is 55.4 Å². The lowest BCUT2D eigenvalue weighted by Gasteiger charge is -2.25. The maximum absolute atomic E-state index is 13.1. The number of imide groups is 1. The van der Waals surface area contributed by atoms with Crippen molar-refractivity contribution in [1.29, 1.82) is 0 Å². The second kappa shape index (κ2) is 7.82. The van der Waals surface area contributed by atoms with Crippen LogP contribution in [-0.4, -0.2) is 17.7 Å². The number of fused-ring (bicyclic) bond motifs is 1. The van der Waals surface area contributed by atoms with Gasteiger partial charge in [0.25, 0.3) is 5.91 Å². The van der Waals surface area contributed by atoms with Crippen molar-refractivity contribution >= 4 is 29.1 Å². The maximum Gasteiger partial charge on any atom is 0.257 e. The van der Waals surface area contributed by atoms with Gasteiger partial charge in [-0.2, -0.15) is 0 Å². The van der Waals surface area contributed by atoms with Crippen molar-refractivity contribution < 1.29 is 14.4 Å². The Morgan fingerprint density at radius 2 is 1.69 bits per heavy atom. The van der Waals surface area contributed by atoms with Gasteiger partial charge in [-0.25, -0.2) is 4.90 Å². The summed E-state index contributed by atoms with van der Waals surface area (Å²) in [4.78, 5) is 40.5. The number of aryl methyl sites for hydroxylation is 1. The summed E-state index contributed by atoms with van der Waals surface area (Å²) >= 11 is 0. The van der Waals surface area contributed by atoms with Crippen LogP contribution in [0.2, 0.25) is 0 Å². The normalized spacial score (nSPS) is 23.8. The Balaban J connectivity index is 1.66. The first-order valence-corrected chi connectivity index (χ1v) is 10.4. The summed E-state index contributed by atoms with van der Waals surface area (Å²) in [5.74, 6) is -0.719. The number of hydrogen-bond acceptors (Lipinski definition) is 3. The average Bonchev–Trinajstić information content (AvgIpc) is 2.98. The lowest BCUT2D eigenvalue weighted by molar-refractivity contribution is -0.122. The van der Waals surface area contributed by atoms with E-state index in [0.29, 0.717) is 17.2 Å². The highest BCUT2D eigenvalue weighted by molar-refractivity contribution is 6.24. The molecule has 1 saturated heterocycles. The topological polar surface area (TPSA) is 66.5 Å². The molecular formula is C24H26N2O3. The molecule has 150 valence electrons. The Hall–Kier alpha value is -2.95. The number of carbonyl (C=O) groups excluding carboxylic acids is 3. The van der Waals surface area contributed by atoms with Crippen LogP contribution < -0.4 is 10.2 Å². The van der Waals surface area contributed by atoms with Crippen LogP contribution in [0.1, 0.15) is 49.0 Å². The molecule has 1 heterocycles. The molecule has 0 bridgehead atoms. The predicted molar refractivity (Wildman–Crippen MR) is 113 cm³/mol. The van der Waals surface area contributed by atoms with Crippen LogP contribution in [0.5, 0.6) is 0 Å². The van der Waals surface area contributed by atoms with E-state index in [-0.39, 0.29) is 29.6 Å². The largest absolute Gasteiger partial charge is 0.322 e. The van der Waals surface area contributed by atoms with Gasteiger partial charge in [0.2, 0.25) is 11.8 Å². The first-order chi connectivity index (χ1) is 14.0. The van der Waals surface area contributed by atoms with Gasteiger partial charge in [-0.1, -0.05) is 44.2 Å². The van der Waals surface area contributed by atoms with Gasteiger partial charge >= 0.3 is 0 Å². The smallest absolute Gasteiger partial charge is 0.257 e. The van der Waals surface area contributed by atoms with Crippen molar-refractivity contribution in [2.75, 3.05) is 10.2 Å². The Morgan fingerprint density at radius 3 is 2.48 bits per heavy atom. The summed E-state index contributed by atoms with van der Waals surface area (Å²) in [6.07, 6.45) is 3.24. The third-order valence-electron chi connectivity index (χ3n) is 6.22. The summed E-state index contributed by atoms with van der Waals surface area (Å²) in [6, 6.07) is 14.5. The number of nitrogens with zero attached hydrogens (tertiary/aromatic N) is 1. The molecule has 0 aromatic heterocycles. The van der Waals surface area contributed by atoms with Crippen molar-refractivity contribution in [3.05, 3.63) is 59.7 Å². The molecular weight excluding hydrogens is 364 g/mol. The Labute approximate surface area is 171 Å². The monoisotopic (exact) mass is 390 g/mol. The molecule has 5 nitrogen and oxygen atoms in total. The zero-order chi connectivity index (χ0) is 20.5. The van der Waals surface area contributed by atoms with Crippen molar-refractivity contribution in [2.24, 2.45) is 17.8 Å². The fourth-order valence-electron chi connectivity index (χ4n) is 4.63. The van der Waals surface area contributed by atoms with Crippen LogP contribution in [0, 0.1) is 17.8 Å². The Morgan fingerprint density at radius 1 is 1.00 bits per heavy atom. The molecule has 1 saturated carbocycles. The molecule has 0 spiro atoms. The molecule has 2 aromatic carbocycles. The molecule has 2 aliphatic rings. The number of anilines is 2. The number of nitrogens with one attached hydrogen (secondary N) is 1. The molecule has 1 aliphatic heterocycles. The number of carbonyl (C=O) groups is 3. The molecule has 0 unspecified atom stereocenters. The van der Waals surface area contributed by atoms with Crippen molar-refractivity contribution in [2.45, 2.75) is 39.5 Å². The zero-order valence-corrected chi connectivity index (χ0v) is 16.9. The van der Waals surface area contributed by atoms with Crippen molar-refractivity contribution in [3.63, 3.8) is 0 Å². The van der Waals surface area contributed by atoms with Gasteiger partial charge in [-0.15, -0.1) is 0 Å². The van der Waals surface area contributed by atoms with Crippen molar-refractivity contribution in [3.8, 4) is 0 Å². The molecule has 0 radical (unpaired) electrons. The van der Waals surface area contributed by atoms with Crippen LogP contribution >= 0.6 is 0 Å². The van der Waals surface area contributed by atoms with E-state index in [9.17, 15) is 14.4 Å².